The van der Waals surface area contributed by atoms with Crippen molar-refractivity contribution in [3.8, 4) is 0 Å². The summed E-state index contributed by atoms with van der Waals surface area (Å²) in [6, 6.07) is 0. The standard InChI is InChI=1S/C2H10N2Si.Sb.3H/c1-4(2)5-3;;;;/h3,5H2,1-2H3;;;;. The average molecular weight is 215 g/mol. The molecule has 0 aromatic heterocycles. The Hall–Kier alpha value is 0.955. The van der Waals surface area contributed by atoms with Crippen molar-refractivity contribution in [2.45, 2.75) is 0 Å². The summed E-state index contributed by atoms with van der Waals surface area (Å²) in [6.45, 7) is 0. The summed E-state index contributed by atoms with van der Waals surface area (Å²) in [7, 11) is 3.67. The SMILES string of the molecule is CN(C)[SiH2]N.[SbH3]. The van der Waals surface area contributed by atoms with E-state index in [1.54, 1.807) is 0 Å². The Bertz CT molecular complexity index is 25.5. The molecule has 0 amide bonds. The van der Waals surface area contributed by atoms with Gasteiger partial charge in [-0.05, 0) is 14.1 Å². The van der Waals surface area contributed by atoms with Crippen LogP contribution in [0.3, 0.4) is 0 Å². The fraction of sp³-hybridized carbons (Fsp3) is 1.00. The molecule has 0 saturated heterocycles. The van der Waals surface area contributed by atoms with Gasteiger partial charge >= 0.3 is 24.4 Å². The van der Waals surface area contributed by atoms with Crippen LogP contribution in [0.1, 0.15) is 0 Å². The Balaban J connectivity index is 0. The third kappa shape index (κ3) is 8.88. The molecule has 6 heavy (non-hydrogen) atoms. The summed E-state index contributed by atoms with van der Waals surface area (Å²) < 4.78 is 2.04. The number of hydrogen-bond acceptors (Lipinski definition) is 2. The molecule has 0 radical (unpaired) electrons. The van der Waals surface area contributed by atoms with E-state index in [0.717, 1.165) is 0 Å². The molecule has 40 valence electrons. The fourth-order valence-corrected chi connectivity index (χ4v) is 0. The van der Waals surface area contributed by atoms with Gasteiger partial charge in [0.05, 0.1) is 0 Å². The van der Waals surface area contributed by atoms with Gasteiger partial charge in [0.15, 0.2) is 9.84 Å². The zero-order valence-corrected chi connectivity index (χ0v) is 9.89. The van der Waals surface area contributed by atoms with E-state index < -0.39 is 0 Å². The van der Waals surface area contributed by atoms with E-state index in [1.807, 2.05) is 18.7 Å². The molecular weight excluding hydrogens is 202 g/mol. The van der Waals surface area contributed by atoms with Crippen molar-refractivity contribution >= 4 is 34.3 Å². The van der Waals surface area contributed by atoms with Crippen LogP contribution in [-0.4, -0.2) is 52.9 Å². The summed E-state index contributed by atoms with van der Waals surface area (Å²) in [6.07, 6.45) is 0. The number of rotatable bonds is 1. The van der Waals surface area contributed by atoms with Gasteiger partial charge in [0.1, 0.15) is 0 Å². The van der Waals surface area contributed by atoms with Crippen molar-refractivity contribution in [3.05, 3.63) is 0 Å². The van der Waals surface area contributed by atoms with E-state index in [4.69, 9.17) is 5.40 Å². The Labute approximate surface area is 58.5 Å². The van der Waals surface area contributed by atoms with Gasteiger partial charge in [-0.15, -0.1) is 0 Å². The first-order chi connectivity index (χ1) is 2.27. The van der Waals surface area contributed by atoms with E-state index >= 15 is 0 Å². The third-order valence-corrected chi connectivity index (χ3v) is 1.10. The Kier molecular flexibility index (Phi) is 9.97. The van der Waals surface area contributed by atoms with E-state index in [2.05, 4.69) is 0 Å². The van der Waals surface area contributed by atoms with Crippen LogP contribution >= 0.6 is 0 Å². The summed E-state index contributed by atoms with van der Waals surface area (Å²) in [5.41, 5.74) is 0. The van der Waals surface area contributed by atoms with E-state index in [0.29, 0.717) is 0 Å². The van der Waals surface area contributed by atoms with Crippen molar-refractivity contribution in [2.24, 2.45) is 5.40 Å². The van der Waals surface area contributed by atoms with Crippen LogP contribution in [0.4, 0.5) is 0 Å². The predicted octanol–water partition coefficient (Wildman–Crippen LogP) is -2.68. The van der Waals surface area contributed by atoms with Gasteiger partial charge in [0.25, 0.3) is 0 Å². The quantitative estimate of drug-likeness (QED) is 0.483. The van der Waals surface area contributed by atoms with Crippen molar-refractivity contribution in [3.63, 3.8) is 0 Å². The first-order valence-electron chi connectivity index (χ1n) is 1.62. The van der Waals surface area contributed by atoms with Crippen LogP contribution in [0.15, 0.2) is 0 Å². The van der Waals surface area contributed by atoms with Crippen LogP contribution in [0.2, 0.25) is 0 Å². The molecule has 2 nitrogen and oxygen atoms in total. The van der Waals surface area contributed by atoms with Gasteiger partial charge in [-0.25, -0.2) is 0 Å². The van der Waals surface area contributed by atoms with Crippen LogP contribution in [0.25, 0.3) is 0 Å². The number of nitrogens with two attached hydrogens (primary N) is 1. The molecule has 0 atom stereocenters. The fourth-order valence-electron chi connectivity index (χ4n) is 0. The molecule has 0 unspecified atom stereocenters. The molecule has 0 fully saturated rings. The first-order valence-corrected chi connectivity index (χ1v) is 3.07. The van der Waals surface area contributed by atoms with E-state index in [9.17, 15) is 0 Å². The molecule has 0 aliphatic rings. The monoisotopic (exact) mass is 214 g/mol. The Morgan fingerprint density at radius 1 is 1.50 bits per heavy atom. The summed E-state index contributed by atoms with van der Waals surface area (Å²) >= 11 is 0. The van der Waals surface area contributed by atoms with Gasteiger partial charge in [-0.1, -0.05) is 0 Å². The van der Waals surface area contributed by atoms with Gasteiger partial charge < -0.3 is 9.96 Å². The van der Waals surface area contributed by atoms with Gasteiger partial charge in [0.2, 0.25) is 0 Å². The molecule has 0 spiro atoms. The van der Waals surface area contributed by atoms with Crippen LogP contribution < -0.4 is 5.40 Å². The van der Waals surface area contributed by atoms with Crippen molar-refractivity contribution < 1.29 is 0 Å². The molecule has 0 saturated carbocycles. The third-order valence-electron chi connectivity index (χ3n) is 0.365. The predicted molar refractivity (Wildman–Crippen MR) is 36.4 cm³/mol. The van der Waals surface area contributed by atoms with Crippen molar-refractivity contribution in [2.75, 3.05) is 14.1 Å². The molecule has 2 N–H and O–H groups in total. The summed E-state index contributed by atoms with van der Waals surface area (Å²) in [4.78, 5) is 0. The minimum absolute atomic E-state index is 0. The molecule has 0 aliphatic heterocycles. The topological polar surface area (TPSA) is 29.3 Å². The first kappa shape index (κ1) is 10.0. The van der Waals surface area contributed by atoms with E-state index in [1.165, 1.54) is 0 Å². The summed E-state index contributed by atoms with van der Waals surface area (Å²) in [5.74, 6) is 0. The normalized spacial score (nSPS) is 10.0. The molecule has 0 aliphatic carbocycles. The van der Waals surface area contributed by atoms with Crippen LogP contribution in [0, 0.1) is 0 Å². The Morgan fingerprint density at radius 2 is 1.67 bits per heavy atom. The second-order valence-electron chi connectivity index (χ2n) is 1.26. The van der Waals surface area contributed by atoms with Crippen LogP contribution in [-0.2, 0) is 0 Å². The number of nitrogens with zero attached hydrogens (tertiary/aromatic N) is 1. The molecule has 0 aromatic carbocycles. The zero-order chi connectivity index (χ0) is 4.28. The molecule has 0 rings (SSSR count). The van der Waals surface area contributed by atoms with Crippen LogP contribution in [0.5, 0.6) is 0 Å². The second-order valence-corrected chi connectivity index (χ2v) is 2.89. The average Bonchev–Trinajstić information content (AvgIpc) is 1.38. The molecular formula is C2H13N2SbSi. The maximum absolute atomic E-state index is 5.24. The summed E-state index contributed by atoms with van der Waals surface area (Å²) in [5, 5.41) is 5.24. The molecule has 4 heteroatoms. The van der Waals surface area contributed by atoms with Crippen molar-refractivity contribution in [1.29, 1.82) is 0 Å². The Morgan fingerprint density at radius 3 is 1.67 bits per heavy atom. The zero-order valence-electron chi connectivity index (χ0n) is 4.44. The van der Waals surface area contributed by atoms with E-state index in [-0.39, 0.29) is 34.3 Å². The van der Waals surface area contributed by atoms with Gasteiger partial charge in [-0.3, -0.25) is 0 Å². The van der Waals surface area contributed by atoms with Gasteiger partial charge in [-0.2, -0.15) is 0 Å². The minimum atomic E-state index is -0.318. The maximum atomic E-state index is 5.24. The molecule has 0 aromatic rings. The second kappa shape index (κ2) is 5.96. The molecule has 0 bridgehead atoms. The molecule has 0 heterocycles. The van der Waals surface area contributed by atoms with Gasteiger partial charge in [0, 0.05) is 0 Å². The number of hydrogen-bond donors (Lipinski definition) is 1. The van der Waals surface area contributed by atoms with Crippen molar-refractivity contribution in [1.82, 2.24) is 4.57 Å².